The van der Waals surface area contributed by atoms with Crippen LogP contribution in [0.25, 0.3) is 5.69 Å². The number of aromatic nitrogens is 5. The smallest absolute Gasteiger partial charge is 0.323 e. The first kappa shape index (κ1) is 21.9. The number of amides is 2. The number of nitriles is 1. The van der Waals surface area contributed by atoms with Gasteiger partial charge in [0.15, 0.2) is 0 Å². The summed E-state index contributed by atoms with van der Waals surface area (Å²) in [6.07, 6.45) is 2.80. The predicted octanol–water partition coefficient (Wildman–Crippen LogP) is 1.67. The van der Waals surface area contributed by atoms with Gasteiger partial charge in [-0.2, -0.15) is 9.94 Å². The Morgan fingerprint density at radius 3 is 2.88 bits per heavy atom. The number of urea groups is 1. The first-order chi connectivity index (χ1) is 16.5. The fourth-order valence-corrected chi connectivity index (χ4v) is 4.40. The number of carbonyl (C=O) groups is 1. The number of carbonyl (C=O) groups excluding carboxylic acids is 1. The average Bonchev–Trinajstić information content (AvgIpc) is 3.39. The summed E-state index contributed by atoms with van der Waals surface area (Å²) in [6.45, 7) is 4.58. The predicted molar refractivity (Wildman–Crippen MR) is 117 cm³/mol. The number of ether oxygens (including phenoxy) is 1. The standard InChI is InChI=1S/C22H22FN9O2/c1-14-17(3-4-19(23)18(14)8-24)20-11-30-6-7-31(10-16(30)12-34-20)22(33)27-21-5-2-15(9-25-21)32-13-26-28-29-32/h2-5,9,13,16,20H,6-7,10-12H2,1H3,(H,25,27,33)/t16-,20-/m0/s1. The molecule has 12 heteroatoms. The molecule has 2 saturated heterocycles. The zero-order valence-electron chi connectivity index (χ0n) is 18.4. The van der Waals surface area contributed by atoms with Gasteiger partial charge >= 0.3 is 6.03 Å². The quantitative estimate of drug-likeness (QED) is 0.622. The Hall–Kier alpha value is -3.95. The van der Waals surface area contributed by atoms with E-state index in [1.54, 1.807) is 36.2 Å². The van der Waals surface area contributed by atoms with Crippen LogP contribution in [-0.2, 0) is 4.74 Å². The Kier molecular flexibility index (Phi) is 5.87. The number of tetrazole rings is 1. The van der Waals surface area contributed by atoms with Gasteiger partial charge in [-0.3, -0.25) is 10.2 Å². The molecule has 1 aromatic carbocycles. The van der Waals surface area contributed by atoms with E-state index in [1.165, 1.54) is 17.1 Å². The normalized spacial score (nSPS) is 20.4. The highest BCUT2D eigenvalue weighted by molar-refractivity contribution is 5.88. The summed E-state index contributed by atoms with van der Waals surface area (Å²) in [6, 6.07) is 8.24. The number of morpholine rings is 1. The monoisotopic (exact) mass is 463 g/mol. The number of pyridine rings is 1. The van der Waals surface area contributed by atoms with Crippen molar-refractivity contribution in [2.24, 2.45) is 0 Å². The number of rotatable bonds is 3. The highest BCUT2D eigenvalue weighted by Gasteiger charge is 2.36. The van der Waals surface area contributed by atoms with Gasteiger partial charge in [-0.05, 0) is 46.7 Å². The van der Waals surface area contributed by atoms with Gasteiger partial charge in [0.25, 0.3) is 0 Å². The van der Waals surface area contributed by atoms with Gasteiger partial charge in [-0.25, -0.2) is 14.2 Å². The molecule has 2 amide bonds. The number of anilines is 1. The van der Waals surface area contributed by atoms with E-state index in [0.717, 1.165) is 5.56 Å². The summed E-state index contributed by atoms with van der Waals surface area (Å²) in [7, 11) is 0. The third-order valence-electron chi connectivity index (χ3n) is 6.29. The molecule has 2 aliphatic rings. The minimum atomic E-state index is -0.517. The lowest BCUT2D eigenvalue weighted by Gasteiger charge is -2.46. The minimum Gasteiger partial charge on any atom is -0.370 e. The SMILES string of the molecule is Cc1c([C@@H]2CN3CCN(C(=O)Nc4ccc(-n5cnnn5)cn4)C[C@H]3CO2)ccc(F)c1C#N. The molecule has 174 valence electrons. The van der Waals surface area contributed by atoms with Crippen molar-refractivity contribution in [1.29, 1.82) is 5.26 Å². The van der Waals surface area contributed by atoms with Gasteiger partial charge in [-0.15, -0.1) is 5.10 Å². The highest BCUT2D eigenvalue weighted by atomic mass is 19.1. The first-order valence-corrected chi connectivity index (χ1v) is 10.8. The second-order valence-corrected chi connectivity index (χ2v) is 8.25. The van der Waals surface area contributed by atoms with E-state index < -0.39 is 5.82 Å². The molecule has 3 aromatic rings. The summed E-state index contributed by atoms with van der Waals surface area (Å²) >= 11 is 0. The van der Waals surface area contributed by atoms with E-state index in [-0.39, 0.29) is 23.7 Å². The Labute approximate surface area is 194 Å². The molecule has 4 heterocycles. The molecule has 0 bridgehead atoms. The van der Waals surface area contributed by atoms with Crippen molar-refractivity contribution in [2.45, 2.75) is 19.1 Å². The van der Waals surface area contributed by atoms with E-state index >= 15 is 0 Å². The Morgan fingerprint density at radius 1 is 1.26 bits per heavy atom. The molecule has 2 aromatic heterocycles. The lowest BCUT2D eigenvalue weighted by Crippen LogP contribution is -2.60. The molecule has 11 nitrogen and oxygen atoms in total. The number of benzene rings is 1. The summed E-state index contributed by atoms with van der Waals surface area (Å²) in [4.78, 5) is 21.1. The van der Waals surface area contributed by atoms with Crippen molar-refractivity contribution in [1.82, 2.24) is 35.0 Å². The van der Waals surface area contributed by atoms with Crippen molar-refractivity contribution in [2.75, 3.05) is 38.1 Å². The number of hydrogen-bond donors (Lipinski definition) is 1. The molecule has 2 atom stereocenters. The average molecular weight is 463 g/mol. The summed E-state index contributed by atoms with van der Waals surface area (Å²) in [5.74, 6) is -0.0825. The molecule has 34 heavy (non-hydrogen) atoms. The van der Waals surface area contributed by atoms with Crippen LogP contribution in [-0.4, -0.2) is 79.8 Å². The summed E-state index contributed by atoms with van der Waals surface area (Å²) in [5, 5.41) is 23.1. The molecule has 1 N–H and O–H groups in total. The third-order valence-corrected chi connectivity index (χ3v) is 6.29. The van der Waals surface area contributed by atoms with Gasteiger partial charge < -0.3 is 9.64 Å². The zero-order valence-corrected chi connectivity index (χ0v) is 18.4. The van der Waals surface area contributed by atoms with Crippen molar-refractivity contribution in [3.05, 3.63) is 59.3 Å². The fourth-order valence-electron chi connectivity index (χ4n) is 4.40. The topological polar surface area (TPSA) is 125 Å². The summed E-state index contributed by atoms with van der Waals surface area (Å²) < 4.78 is 21.5. The molecule has 0 radical (unpaired) electrons. The lowest BCUT2D eigenvalue weighted by atomic mass is 9.96. The van der Waals surface area contributed by atoms with E-state index in [2.05, 4.69) is 30.7 Å². The van der Waals surface area contributed by atoms with Crippen LogP contribution in [0.4, 0.5) is 15.0 Å². The van der Waals surface area contributed by atoms with Gasteiger partial charge in [-0.1, -0.05) is 6.07 Å². The van der Waals surface area contributed by atoms with E-state index in [9.17, 15) is 14.4 Å². The number of hydrogen-bond acceptors (Lipinski definition) is 8. The first-order valence-electron chi connectivity index (χ1n) is 10.8. The van der Waals surface area contributed by atoms with Gasteiger partial charge in [0, 0.05) is 26.2 Å². The zero-order chi connectivity index (χ0) is 23.7. The van der Waals surface area contributed by atoms with Crippen LogP contribution in [0.3, 0.4) is 0 Å². The fraction of sp³-hybridized carbons (Fsp3) is 0.364. The molecule has 2 fully saturated rings. The molecule has 0 unspecified atom stereocenters. The maximum atomic E-state index is 13.9. The highest BCUT2D eigenvalue weighted by Crippen LogP contribution is 2.31. The van der Waals surface area contributed by atoms with Gasteiger partial charge in [0.2, 0.25) is 0 Å². The van der Waals surface area contributed by atoms with E-state index in [0.29, 0.717) is 49.9 Å². The largest absolute Gasteiger partial charge is 0.370 e. The maximum absolute atomic E-state index is 13.9. The molecule has 5 rings (SSSR count). The van der Waals surface area contributed by atoms with Crippen LogP contribution in [0.5, 0.6) is 0 Å². The van der Waals surface area contributed by atoms with E-state index in [4.69, 9.17) is 4.74 Å². The van der Waals surface area contributed by atoms with Crippen LogP contribution in [0.2, 0.25) is 0 Å². The van der Waals surface area contributed by atoms with Crippen LogP contribution < -0.4 is 5.32 Å². The van der Waals surface area contributed by atoms with Crippen LogP contribution in [0, 0.1) is 24.1 Å². The van der Waals surface area contributed by atoms with Gasteiger partial charge in [0.1, 0.15) is 24.0 Å². The Balaban J connectivity index is 1.19. The van der Waals surface area contributed by atoms with Gasteiger partial charge in [0.05, 0.1) is 36.2 Å². The molecule has 2 aliphatic heterocycles. The number of fused-ring (bicyclic) bond motifs is 1. The van der Waals surface area contributed by atoms with E-state index in [1.807, 2.05) is 6.07 Å². The van der Waals surface area contributed by atoms with Crippen molar-refractivity contribution in [3.63, 3.8) is 0 Å². The Morgan fingerprint density at radius 2 is 2.15 bits per heavy atom. The van der Waals surface area contributed by atoms with Crippen molar-refractivity contribution >= 4 is 11.8 Å². The Bertz CT molecular complexity index is 1230. The van der Waals surface area contributed by atoms with Crippen molar-refractivity contribution in [3.8, 4) is 11.8 Å². The number of nitrogens with one attached hydrogen (secondary N) is 1. The van der Waals surface area contributed by atoms with Crippen LogP contribution >= 0.6 is 0 Å². The third kappa shape index (κ3) is 4.18. The molecular weight excluding hydrogens is 441 g/mol. The number of piperazine rings is 1. The van der Waals surface area contributed by atoms with Crippen LogP contribution in [0.15, 0.2) is 36.8 Å². The number of nitrogens with zero attached hydrogens (tertiary/aromatic N) is 8. The van der Waals surface area contributed by atoms with Crippen molar-refractivity contribution < 1.29 is 13.9 Å². The molecular formula is C22H22FN9O2. The second-order valence-electron chi connectivity index (χ2n) is 8.25. The molecule has 0 aliphatic carbocycles. The number of halogens is 1. The minimum absolute atomic E-state index is 0.0575. The lowest BCUT2D eigenvalue weighted by molar-refractivity contribution is -0.0844. The van der Waals surface area contributed by atoms with Crippen LogP contribution in [0.1, 0.15) is 22.8 Å². The molecule has 0 spiro atoms. The second kappa shape index (κ2) is 9.12. The summed E-state index contributed by atoms with van der Waals surface area (Å²) in [5.41, 5.74) is 2.18. The molecule has 0 saturated carbocycles. The maximum Gasteiger partial charge on any atom is 0.323 e.